The molecule has 1 aromatic heterocycles. The molecule has 0 aliphatic carbocycles. The summed E-state index contributed by atoms with van der Waals surface area (Å²) in [6.07, 6.45) is 1.13. The van der Waals surface area contributed by atoms with Crippen LogP contribution in [-0.2, 0) is 11.3 Å². The molecule has 0 amide bonds. The molecule has 1 rings (SSSR count). The van der Waals surface area contributed by atoms with Crippen molar-refractivity contribution in [3.8, 4) is 0 Å². The van der Waals surface area contributed by atoms with Gasteiger partial charge in [-0.15, -0.1) is 11.3 Å². The van der Waals surface area contributed by atoms with Crippen molar-refractivity contribution in [3.63, 3.8) is 0 Å². The molecule has 0 saturated carbocycles. The number of hydrogen-bond acceptors (Lipinski definition) is 5. The van der Waals surface area contributed by atoms with E-state index >= 15 is 0 Å². The largest absolute Gasteiger partial charge is 0.383 e. The van der Waals surface area contributed by atoms with Crippen molar-refractivity contribution in [1.29, 1.82) is 0 Å². The Morgan fingerprint density at radius 2 is 2.00 bits per heavy atom. The maximum Gasteiger partial charge on any atom is 0.186 e. The van der Waals surface area contributed by atoms with Crippen LogP contribution in [0.3, 0.4) is 0 Å². The fourth-order valence-corrected chi connectivity index (χ4v) is 3.70. The van der Waals surface area contributed by atoms with Gasteiger partial charge in [-0.2, -0.15) is 0 Å². The van der Waals surface area contributed by atoms with Crippen LogP contribution in [0.2, 0.25) is 0 Å². The van der Waals surface area contributed by atoms with Gasteiger partial charge in [0.05, 0.1) is 18.3 Å². The van der Waals surface area contributed by atoms with E-state index in [1.807, 2.05) is 11.3 Å². The van der Waals surface area contributed by atoms with Crippen LogP contribution in [0.15, 0.2) is 0 Å². The van der Waals surface area contributed by atoms with Gasteiger partial charge in [-0.25, -0.2) is 4.98 Å². The third-order valence-corrected chi connectivity index (χ3v) is 4.97. The first-order chi connectivity index (χ1) is 10.1. The minimum atomic E-state index is 0.350. The lowest BCUT2D eigenvalue weighted by atomic mass is 10.0. The standard InChI is InChI=1S/C16H31N3OS/c1-7-12(4)15-14(10-17-8-2)21-16(18-15)19(9-3)13(5)11-20-6/h12-13,17H,7-11H2,1-6H3. The highest BCUT2D eigenvalue weighted by atomic mass is 32.1. The number of nitrogens with one attached hydrogen (secondary N) is 1. The summed E-state index contributed by atoms with van der Waals surface area (Å²) in [6, 6.07) is 0.350. The lowest BCUT2D eigenvalue weighted by molar-refractivity contribution is 0.182. The van der Waals surface area contributed by atoms with Crippen LogP contribution in [-0.4, -0.2) is 37.8 Å². The van der Waals surface area contributed by atoms with Crippen molar-refractivity contribution in [3.05, 3.63) is 10.6 Å². The van der Waals surface area contributed by atoms with Crippen molar-refractivity contribution >= 4 is 16.5 Å². The van der Waals surface area contributed by atoms with Crippen LogP contribution < -0.4 is 10.2 Å². The molecule has 0 radical (unpaired) electrons. The number of nitrogens with zero attached hydrogens (tertiary/aromatic N) is 2. The Labute approximate surface area is 133 Å². The van der Waals surface area contributed by atoms with Gasteiger partial charge in [0, 0.05) is 25.1 Å². The lowest BCUT2D eigenvalue weighted by Crippen LogP contribution is -2.36. The van der Waals surface area contributed by atoms with Gasteiger partial charge in [0.25, 0.3) is 0 Å². The summed E-state index contributed by atoms with van der Waals surface area (Å²) in [5, 5.41) is 4.57. The third kappa shape index (κ3) is 4.94. The number of aromatic nitrogens is 1. The molecule has 0 saturated heterocycles. The Bertz CT molecular complexity index is 408. The third-order valence-electron chi connectivity index (χ3n) is 3.86. The zero-order valence-electron chi connectivity index (χ0n) is 14.4. The Balaban J connectivity index is 3.02. The molecule has 2 unspecified atom stereocenters. The molecule has 0 fully saturated rings. The second kappa shape index (κ2) is 9.38. The van der Waals surface area contributed by atoms with Gasteiger partial charge in [-0.1, -0.05) is 20.8 Å². The zero-order chi connectivity index (χ0) is 15.8. The summed E-state index contributed by atoms with van der Waals surface area (Å²) >= 11 is 1.83. The fourth-order valence-electron chi connectivity index (χ4n) is 2.38. The minimum Gasteiger partial charge on any atom is -0.383 e. The molecule has 2 atom stereocenters. The van der Waals surface area contributed by atoms with Crippen molar-refractivity contribution in [1.82, 2.24) is 10.3 Å². The van der Waals surface area contributed by atoms with Gasteiger partial charge in [-0.05, 0) is 32.7 Å². The van der Waals surface area contributed by atoms with Crippen LogP contribution in [0, 0.1) is 0 Å². The van der Waals surface area contributed by atoms with Crippen LogP contribution in [0.1, 0.15) is 57.5 Å². The molecule has 1 N–H and O–H groups in total. The molecule has 21 heavy (non-hydrogen) atoms. The molecule has 0 aromatic carbocycles. The number of thiazole rings is 1. The molecular weight excluding hydrogens is 282 g/mol. The van der Waals surface area contributed by atoms with Gasteiger partial charge in [0.1, 0.15) is 0 Å². The maximum atomic E-state index is 5.30. The van der Waals surface area contributed by atoms with Crippen LogP contribution >= 0.6 is 11.3 Å². The molecule has 122 valence electrons. The average Bonchev–Trinajstić information content (AvgIpc) is 2.89. The second-order valence-corrected chi connectivity index (χ2v) is 6.55. The van der Waals surface area contributed by atoms with E-state index in [1.54, 1.807) is 7.11 Å². The van der Waals surface area contributed by atoms with E-state index in [9.17, 15) is 0 Å². The van der Waals surface area contributed by atoms with Gasteiger partial charge in [-0.3, -0.25) is 0 Å². The molecule has 1 heterocycles. The predicted molar refractivity (Wildman–Crippen MR) is 92.6 cm³/mol. The van der Waals surface area contributed by atoms with E-state index in [0.717, 1.165) is 37.8 Å². The van der Waals surface area contributed by atoms with Gasteiger partial charge < -0.3 is 15.0 Å². The topological polar surface area (TPSA) is 37.4 Å². The summed E-state index contributed by atoms with van der Waals surface area (Å²) in [7, 11) is 1.76. The highest BCUT2D eigenvalue weighted by molar-refractivity contribution is 7.15. The number of methoxy groups -OCH3 is 1. The van der Waals surface area contributed by atoms with Crippen LogP contribution in [0.5, 0.6) is 0 Å². The van der Waals surface area contributed by atoms with E-state index < -0.39 is 0 Å². The average molecular weight is 314 g/mol. The van der Waals surface area contributed by atoms with Gasteiger partial charge in [0.2, 0.25) is 0 Å². The summed E-state index contributed by atoms with van der Waals surface area (Å²) in [5.74, 6) is 0.514. The molecule has 0 bridgehead atoms. The van der Waals surface area contributed by atoms with Crippen molar-refractivity contribution < 1.29 is 4.74 Å². The van der Waals surface area contributed by atoms with E-state index in [2.05, 4.69) is 44.8 Å². The predicted octanol–water partition coefficient (Wildman–Crippen LogP) is 3.63. The van der Waals surface area contributed by atoms with Crippen molar-refractivity contribution in [2.24, 2.45) is 0 Å². The summed E-state index contributed by atoms with van der Waals surface area (Å²) in [5.41, 5.74) is 1.27. The SMILES string of the molecule is CCNCc1sc(N(CC)C(C)COC)nc1C(C)CC. The first-order valence-electron chi connectivity index (χ1n) is 8.04. The Kier molecular flexibility index (Phi) is 8.22. The summed E-state index contributed by atoms with van der Waals surface area (Å²) < 4.78 is 5.30. The van der Waals surface area contributed by atoms with Gasteiger partial charge >= 0.3 is 0 Å². The number of anilines is 1. The van der Waals surface area contributed by atoms with Crippen LogP contribution in [0.4, 0.5) is 5.13 Å². The number of likely N-dealkylation sites (N-methyl/N-ethyl adjacent to an activating group) is 1. The quantitative estimate of drug-likeness (QED) is 0.716. The van der Waals surface area contributed by atoms with E-state index in [4.69, 9.17) is 9.72 Å². The van der Waals surface area contributed by atoms with Crippen molar-refractivity contribution in [2.75, 3.05) is 31.7 Å². The highest BCUT2D eigenvalue weighted by Gasteiger charge is 2.21. The molecular formula is C16H31N3OS. The van der Waals surface area contributed by atoms with E-state index in [0.29, 0.717) is 12.0 Å². The van der Waals surface area contributed by atoms with Crippen molar-refractivity contribution in [2.45, 2.75) is 59.5 Å². The second-order valence-electron chi connectivity index (χ2n) is 5.48. The maximum absolute atomic E-state index is 5.30. The zero-order valence-corrected chi connectivity index (χ0v) is 15.2. The summed E-state index contributed by atoms with van der Waals surface area (Å²) in [6.45, 7) is 14.6. The van der Waals surface area contributed by atoms with Crippen LogP contribution in [0.25, 0.3) is 0 Å². The molecule has 0 aliphatic rings. The summed E-state index contributed by atoms with van der Waals surface area (Å²) in [4.78, 5) is 8.68. The normalized spacial score (nSPS) is 14.2. The monoisotopic (exact) mass is 313 g/mol. The lowest BCUT2D eigenvalue weighted by Gasteiger charge is -2.26. The number of ether oxygens (including phenoxy) is 1. The first kappa shape index (κ1) is 18.4. The van der Waals surface area contributed by atoms with E-state index in [1.165, 1.54) is 10.6 Å². The molecule has 0 spiro atoms. The Morgan fingerprint density at radius 1 is 1.29 bits per heavy atom. The number of rotatable bonds is 10. The highest BCUT2D eigenvalue weighted by Crippen LogP contribution is 2.33. The number of hydrogen-bond donors (Lipinski definition) is 1. The Morgan fingerprint density at radius 3 is 2.52 bits per heavy atom. The molecule has 1 aromatic rings. The molecule has 5 heteroatoms. The van der Waals surface area contributed by atoms with Gasteiger partial charge in [0.15, 0.2) is 5.13 Å². The van der Waals surface area contributed by atoms with E-state index in [-0.39, 0.29) is 0 Å². The Hall–Kier alpha value is -0.650. The minimum absolute atomic E-state index is 0.350. The smallest absolute Gasteiger partial charge is 0.186 e. The molecule has 0 aliphatic heterocycles. The molecule has 4 nitrogen and oxygen atoms in total. The fraction of sp³-hybridized carbons (Fsp3) is 0.812. The first-order valence-corrected chi connectivity index (χ1v) is 8.86.